The van der Waals surface area contributed by atoms with Crippen molar-refractivity contribution in [1.29, 1.82) is 0 Å². The number of hydrogen-bond donors (Lipinski definition) is 1. The summed E-state index contributed by atoms with van der Waals surface area (Å²) in [5, 5.41) is -0.487. The second-order valence-corrected chi connectivity index (χ2v) is 9.25. The molecule has 0 aliphatic carbocycles. The number of carbonyl (C=O) groups excluding carboxylic acids is 2. The molecule has 2 amide bonds. The standard InChI is InChI=1S/C24H28N3O3S/c1-30-22-12-20(31-24(25)29)9-10-21(22)23(28)27-15-18-13-26(14-19(18)16-27)11-5-8-17-6-3-2-4-7-17/h2-4,6-10,12,18-19H,5,11,13-16H2,1H3,(H2,25,29)/t18-,19?/m0/s1. The normalized spacial score (nSPS) is 20.6. The van der Waals surface area contributed by atoms with Gasteiger partial charge in [-0.2, -0.15) is 0 Å². The van der Waals surface area contributed by atoms with Crippen LogP contribution < -0.4 is 10.5 Å². The van der Waals surface area contributed by atoms with Crippen LogP contribution in [0, 0.1) is 18.3 Å². The second-order valence-electron chi connectivity index (χ2n) is 8.18. The number of fused-ring (bicyclic) bond motifs is 1. The number of methoxy groups -OCH3 is 1. The predicted molar refractivity (Wildman–Crippen MR) is 122 cm³/mol. The Morgan fingerprint density at radius 1 is 1.10 bits per heavy atom. The molecule has 2 aromatic carbocycles. The minimum Gasteiger partial charge on any atom is -0.496 e. The summed E-state index contributed by atoms with van der Waals surface area (Å²) in [5.74, 6) is 1.52. The quantitative estimate of drug-likeness (QED) is 0.670. The maximum Gasteiger partial charge on any atom is 0.281 e. The fraction of sp³-hybridized carbons (Fsp3) is 0.375. The zero-order chi connectivity index (χ0) is 21.8. The van der Waals surface area contributed by atoms with E-state index in [4.69, 9.17) is 10.5 Å². The van der Waals surface area contributed by atoms with Crippen LogP contribution in [-0.4, -0.2) is 60.8 Å². The Morgan fingerprint density at radius 2 is 1.81 bits per heavy atom. The lowest BCUT2D eigenvalue weighted by Crippen LogP contribution is -2.33. The van der Waals surface area contributed by atoms with Gasteiger partial charge < -0.3 is 20.3 Å². The van der Waals surface area contributed by atoms with E-state index in [-0.39, 0.29) is 5.91 Å². The van der Waals surface area contributed by atoms with Crippen LogP contribution in [-0.2, 0) is 0 Å². The van der Waals surface area contributed by atoms with Crippen molar-refractivity contribution in [3.05, 3.63) is 66.1 Å². The summed E-state index contributed by atoms with van der Waals surface area (Å²) in [5.41, 5.74) is 7.04. The Balaban J connectivity index is 1.30. The molecule has 0 saturated carbocycles. The van der Waals surface area contributed by atoms with E-state index < -0.39 is 5.24 Å². The first kappa shape index (κ1) is 21.7. The first-order valence-electron chi connectivity index (χ1n) is 10.6. The smallest absolute Gasteiger partial charge is 0.281 e. The Bertz CT molecular complexity index is 923. The summed E-state index contributed by atoms with van der Waals surface area (Å²) in [7, 11) is 1.54. The largest absolute Gasteiger partial charge is 0.496 e. The third-order valence-electron chi connectivity index (χ3n) is 6.10. The van der Waals surface area contributed by atoms with E-state index in [2.05, 4.69) is 35.6 Å². The van der Waals surface area contributed by atoms with Gasteiger partial charge in [0.15, 0.2) is 0 Å². The molecule has 4 rings (SSSR count). The van der Waals surface area contributed by atoms with Gasteiger partial charge in [-0.1, -0.05) is 30.3 Å². The zero-order valence-corrected chi connectivity index (χ0v) is 18.5. The number of ether oxygens (including phenoxy) is 1. The van der Waals surface area contributed by atoms with Crippen LogP contribution in [0.15, 0.2) is 53.4 Å². The molecule has 2 heterocycles. The van der Waals surface area contributed by atoms with Crippen LogP contribution in [0.3, 0.4) is 0 Å². The van der Waals surface area contributed by atoms with E-state index in [0.29, 0.717) is 28.0 Å². The third kappa shape index (κ3) is 5.22. The molecule has 6 nitrogen and oxygen atoms in total. The monoisotopic (exact) mass is 438 g/mol. The summed E-state index contributed by atoms with van der Waals surface area (Å²) in [6.07, 6.45) is 3.33. The molecule has 1 radical (unpaired) electrons. The maximum absolute atomic E-state index is 13.1. The van der Waals surface area contributed by atoms with E-state index in [0.717, 1.165) is 50.9 Å². The molecular formula is C24H28N3O3S. The van der Waals surface area contributed by atoms with Gasteiger partial charge in [-0.25, -0.2) is 0 Å². The number of primary amides is 1. The van der Waals surface area contributed by atoms with Crippen molar-refractivity contribution in [2.45, 2.75) is 11.3 Å². The Hall–Kier alpha value is -2.51. The van der Waals surface area contributed by atoms with Crippen LogP contribution in [0.4, 0.5) is 4.79 Å². The van der Waals surface area contributed by atoms with Gasteiger partial charge in [0, 0.05) is 31.1 Å². The van der Waals surface area contributed by atoms with Crippen molar-refractivity contribution < 1.29 is 14.3 Å². The fourth-order valence-electron chi connectivity index (χ4n) is 4.64. The van der Waals surface area contributed by atoms with Crippen molar-refractivity contribution >= 4 is 22.9 Å². The predicted octanol–water partition coefficient (Wildman–Crippen LogP) is 3.51. The number of rotatable bonds is 7. The number of hydrogen-bond acceptors (Lipinski definition) is 5. The molecule has 0 bridgehead atoms. The molecular weight excluding hydrogens is 410 g/mol. The molecule has 0 aromatic heterocycles. The molecule has 2 atom stereocenters. The number of nitrogens with two attached hydrogens (primary N) is 1. The second kappa shape index (κ2) is 9.75. The highest BCUT2D eigenvalue weighted by atomic mass is 32.2. The van der Waals surface area contributed by atoms with Gasteiger partial charge in [-0.05, 0) is 66.7 Å². The van der Waals surface area contributed by atoms with E-state index in [9.17, 15) is 9.59 Å². The lowest BCUT2D eigenvalue weighted by atomic mass is 10.0. The van der Waals surface area contributed by atoms with Crippen molar-refractivity contribution in [1.82, 2.24) is 9.80 Å². The minimum absolute atomic E-state index is 0.00849. The summed E-state index contributed by atoms with van der Waals surface area (Å²) >= 11 is 0.925. The molecule has 2 aromatic rings. The van der Waals surface area contributed by atoms with Crippen molar-refractivity contribution in [2.24, 2.45) is 17.6 Å². The number of carbonyl (C=O) groups is 2. The highest BCUT2D eigenvalue weighted by Crippen LogP contribution is 2.34. The highest BCUT2D eigenvalue weighted by Gasteiger charge is 2.41. The molecule has 2 fully saturated rings. The van der Waals surface area contributed by atoms with Crippen LogP contribution in [0.5, 0.6) is 5.75 Å². The van der Waals surface area contributed by atoms with Gasteiger partial charge in [0.25, 0.3) is 11.1 Å². The van der Waals surface area contributed by atoms with Crippen LogP contribution in [0.1, 0.15) is 22.3 Å². The summed E-state index contributed by atoms with van der Waals surface area (Å²) in [4.78, 5) is 29.4. The molecule has 31 heavy (non-hydrogen) atoms. The van der Waals surface area contributed by atoms with Crippen molar-refractivity contribution in [3.63, 3.8) is 0 Å². The SMILES string of the molecule is COc1cc(SC(N)=O)ccc1C(=O)N1CC2CN(CC[CH]c3ccccc3)C[C@H]2C1. The minimum atomic E-state index is -0.487. The average Bonchev–Trinajstić information content (AvgIpc) is 3.32. The van der Waals surface area contributed by atoms with E-state index >= 15 is 0 Å². The Kier molecular flexibility index (Phi) is 6.83. The van der Waals surface area contributed by atoms with E-state index in [1.165, 1.54) is 12.7 Å². The van der Waals surface area contributed by atoms with Crippen LogP contribution >= 0.6 is 11.8 Å². The maximum atomic E-state index is 13.1. The van der Waals surface area contributed by atoms with E-state index in [1.54, 1.807) is 18.2 Å². The van der Waals surface area contributed by atoms with Crippen LogP contribution in [0.2, 0.25) is 0 Å². The van der Waals surface area contributed by atoms with Crippen molar-refractivity contribution in [3.8, 4) is 5.75 Å². The first-order valence-corrected chi connectivity index (χ1v) is 11.4. The number of likely N-dealkylation sites (tertiary alicyclic amines) is 2. The summed E-state index contributed by atoms with van der Waals surface area (Å²) in [6.45, 7) is 4.71. The first-order chi connectivity index (χ1) is 15.0. The summed E-state index contributed by atoms with van der Waals surface area (Å²) in [6, 6.07) is 15.6. The number of thioether (sulfide) groups is 1. The van der Waals surface area contributed by atoms with Gasteiger partial charge in [0.05, 0.1) is 12.7 Å². The summed E-state index contributed by atoms with van der Waals surface area (Å²) < 4.78 is 5.42. The molecule has 2 saturated heterocycles. The molecule has 163 valence electrons. The molecule has 0 spiro atoms. The number of benzene rings is 2. The van der Waals surface area contributed by atoms with Gasteiger partial charge in [-0.3, -0.25) is 9.59 Å². The molecule has 2 N–H and O–H groups in total. The lowest BCUT2D eigenvalue weighted by Gasteiger charge is -2.22. The molecule has 2 aliphatic rings. The zero-order valence-electron chi connectivity index (χ0n) is 17.7. The molecule has 1 unspecified atom stereocenters. The average molecular weight is 439 g/mol. The van der Waals surface area contributed by atoms with Crippen molar-refractivity contribution in [2.75, 3.05) is 39.8 Å². The highest BCUT2D eigenvalue weighted by molar-refractivity contribution is 8.13. The van der Waals surface area contributed by atoms with Gasteiger partial charge in [0.1, 0.15) is 5.75 Å². The number of amides is 2. The van der Waals surface area contributed by atoms with Gasteiger partial charge in [-0.15, -0.1) is 0 Å². The van der Waals surface area contributed by atoms with E-state index in [1.807, 2.05) is 11.0 Å². The van der Waals surface area contributed by atoms with Gasteiger partial charge in [0.2, 0.25) is 0 Å². The topological polar surface area (TPSA) is 75.9 Å². The Labute approximate surface area is 187 Å². The molecule has 2 aliphatic heterocycles. The van der Waals surface area contributed by atoms with Gasteiger partial charge >= 0.3 is 0 Å². The number of nitrogens with zero attached hydrogens (tertiary/aromatic N) is 2. The third-order valence-corrected chi connectivity index (χ3v) is 6.79. The van der Waals surface area contributed by atoms with Crippen LogP contribution in [0.25, 0.3) is 0 Å². The lowest BCUT2D eigenvalue weighted by molar-refractivity contribution is 0.0770. The Morgan fingerprint density at radius 3 is 2.45 bits per heavy atom. The molecule has 7 heteroatoms. The fourth-order valence-corrected chi connectivity index (χ4v) is 5.17.